The molecule has 2 rings (SSSR count). The molecule has 1 aromatic rings. The minimum absolute atomic E-state index is 0.501. The predicted octanol–water partition coefficient (Wildman–Crippen LogP) is 4.73. The van der Waals surface area contributed by atoms with Crippen molar-refractivity contribution in [1.82, 2.24) is 9.88 Å². The van der Waals surface area contributed by atoms with Crippen molar-refractivity contribution < 1.29 is 0 Å². The minimum Gasteiger partial charge on any atom is -0.338 e. The smallest absolute Gasteiger partial charge is 0.152 e. The molecule has 21 heavy (non-hydrogen) atoms. The number of rotatable bonds is 4. The molecule has 0 fully saturated rings. The van der Waals surface area contributed by atoms with E-state index in [9.17, 15) is 0 Å². The van der Waals surface area contributed by atoms with Gasteiger partial charge in [-0.2, -0.15) is 0 Å². The summed E-state index contributed by atoms with van der Waals surface area (Å²) in [7, 11) is 0. The molecule has 1 aliphatic heterocycles. The summed E-state index contributed by atoms with van der Waals surface area (Å²) in [6, 6.07) is 2.09. The molecule has 0 saturated carbocycles. The van der Waals surface area contributed by atoms with Crippen molar-refractivity contribution in [3.63, 3.8) is 0 Å². The highest BCUT2D eigenvalue weighted by Crippen LogP contribution is 2.27. The zero-order valence-corrected chi connectivity index (χ0v) is 13.9. The van der Waals surface area contributed by atoms with Gasteiger partial charge in [0.1, 0.15) is 0 Å². The molecule has 0 spiro atoms. The largest absolute Gasteiger partial charge is 0.338 e. The number of allylic oxidation sites excluding steroid dienone is 2. The SMILES string of the molecule is C/C=C1/C(Cl)=NC=CN1Cc1nccc(C)c1C(C)CC. The maximum Gasteiger partial charge on any atom is 0.152 e. The second kappa shape index (κ2) is 6.90. The van der Waals surface area contributed by atoms with Crippen molar-refractivity contribution in [2.75, 3.05) is 0 Å². The zero-order valence-electron chi connectivity index (χ0n) is 13.1. The molecule has 0 N–H and O–H groups in total. The summed E-state index contributed by atoms with van der Waals surface area (Å²) in [5, 5.41) is 0.526. The number of halogens is 1. The van der Waals surface area contributed by atoms with Crippen LogP contribution >= 0.6 is 11.6 Å². The summed E-state index contributed by atoms with van der Waals surface area (Å²) in [4.78, 5) is 10.8. The lowest BCUT2D eigenvalue weighted by atomic mass is 9.92. The number of aromatic nitrogens is 1. The molecule has 112 valence electrons. The quantitative estimate of drug-likeness (QED) is 0.804. The summed E-state index contributed by atoms with van der Waals surface area (Å²) in [5.74, 6) is 0.501. The Morgan fingerprint density at radius 3 is 2.86 bits per heavy atom. The Labute approximate surface area is 132 Å². The van der Waals surface area contributed by atoms with Gasteiger partial charge in [0.15, 0.2) is 5.17 Å². The standard InChI is InChI=1S/C17H22ClN3/c1-5-12(3)16-13(4)7-8-19-14(16)11-21-10-9-20-17(18)15(21)6-2/h6-10,12H,5,11H2,1-4H3/b15-6-. The van der Waals surface area contributed by atoms with E-state index in [0.717, 1.165) is 17.8 Å². The van der Waals surface area contributed by atoms with E-state index in [1.165, 1.54) is 11.1 Å². The Kier molecular flexibility index (Phi) is 5.18. The van der Waals surface area contributed by atoms with Gasteiger partial charge in [0.2, 0.25) is 0 Å². The molecule has 0 amide bonds. The second-order valence-corrected chi connectivity index (χ2v) is 5.68. The average Bonchev–Trinajstić information content (AvgIpc) is 2.47. The molecule has 1 atom stereocenters. The number of pyridine rings is 1. The van der Waals surface area contributed by atoms with Crippen molar-refractivity contribution in [1.29, 1.82) is 0 Å². The summed E-state index contributed by atoms with van der Waals surface area (Å²) in [5.41, 5.74) is 4.69. The molecular weight excluding hydrogens is 282 g/mol. The predicted molar refractivity (Wildman–Crippen MR) is 89.4 cm³/mol. The normalized spacial score (nSPS) is 18.0. The Morgan fingerprint density at radius 2 is 2.19 bits per heavy atom. The Hall–Kier alpha value is -1.61. The van der Waals surface area contributed by atoms with Crippen LogP contribution in [-0.4, -0.2) is 15.1 Å². The molecule has 0 radical (unpaired) electrons. The van der Waals surface area contributed by atoms with Crippen LogP contribution < -0.4 is 0 Å². The van der Waals surface area contributed by atoms with Crippen LogP contribution in [-0.2, 0) is 6.54 Å². The lowest BCUT2D eigenvalue weighted by molar-refractivity contribution is 0.463. The Balaban J connectivity index is 2.34. The number of nitrogens with zero attached hydrogens (tertiary/aromatic N) is 3. The van der Waals surface area contributed by atoms with E-state index >= 15 is 0 Å². The first kappa shape index (κ1) is 15.8. The fourth-order valence-corrected chi connectivity index (χ4v) is 2.93. The van der Waals surface area contributed by atoms with E-state index in [1.54, 1.807) is 6.20 Å². The fraction of sp³-hybridized carbons (Fsp3) is 0.412. The van der Waals surface area contributed by atoms with E-state index in [2.05, 4.69) is 41.7 Å². The monoisotopic (exact) mass is 303 g/mol. The van der Waals surface area contributed by atoms with Crippen molar-refractivity contribution in [3.8, 4) is 0 Å². The highest BCUT2D eigenvalue weighted by Gasteiger charge is 2.19. The number of aliphatic imine (C=N–C) groups is 1. The molecular formula is C17H22ClN3. The van der Waals surface area contributed by atoms with Crippen LogP contribution in [0.1, 0.15) is 49.9 Å². The third-order valence-corrected chi connectivity index (χ3v) is 4.24. The molecule has 2 heterocycles. The molecule has 0 bridgehead atoms. The van der Waals surface area contributed by atoms with Gasteiger partial charge in [0.05, 0.1) is 17.9 Å². The number of hydrogen-bond donors (Lipinski definition) is 0. The van der Waals surface area contributed by atoms with Crippen molar-refractivity contribution in [2.45, 2.75) is 46.6 Å². The van der Waals surface area contributed by atoms with E-state index in [-0.39, 0.29) is 0 Å². The van der Waals surface area contributed by atoms with Gasteiger partial charge < -0.3 is 4.90 Å². The maximum atomic E-state index is 6.17. The van der Waals surface area contributed by atoms with Crippen molar-refractivity contribution in [2.24, 2.45) is 4.99 Å². The highest BCUT2D eigenvalue weighted by molar-refractivity contribution is 6.69. The second-order valence-electron chi connectivity index (χ2n) is 5.32. The third-order valence-electron chi connectivity index (χ3n) is 3.94. The Bertz CT molecular complexity index is 602. The van der Waals surface area contributed by atoms with Crippen LogP contribution in [0.2, 0.25) is 0 Å². The summed E-state index contributed by atoms with van der Waals surface area (Å²) >= 11 is 6.17. The first-order valence-corrected chi connectivity index (χ1v) is 7.73. The van der Waals surface area contributed by atoms with Crippen LogP contribution in [0.25, 0.3) is 0 Å². The van der Waals surface area contributed by atoms with Gasteiger partial charge in [-0.1, -0.05) is 31.5 Å². The van der Waals surface area contributed by atoms with Crippen LogP contribution in [0.4, 0.5) is 0 Å². The maximum absolute atomic E-state index is 6.17. The van der Waals surface area contributed by atoms with Gasteiger partial charge >= 0.3 is 0 Å². The van der Waals surface area contributed by atoms with Gasteiger partial charge in [-0.3, -0.25) is 4.98 Å². The molecule has 0 aromatic carbocycles. The summed E-state index contributed by atoms with van der Waals surface area (Å²) in [6.07, 6.45) is 8.65. The van der Waals surface area contributed by atoms with Crippen LogP contribution in [0, 0.1) is 6.92 Å². The van der Waals surface area contributed by atoms with E-state index < -0.39 is 0 Å². The first-order valence-electron chi connectivity index (χ1n) is 7.36. The molecule has 4 heteroatoms. The minimum atomic E-state index is 0.501. The average molecular weight is 304 g/mol. The summed E-state index contributed by atoms with van der Waals surface area (Å²) < 4.78 is 0. The van der Waals surface area contributed by atoms with Crippen molar-refractivity contribution in [3.05, 3.63) is 53.3 Å². The van der Waals surface area contributed by atoms with Gasteiger partial charge in [-0.15, -0.1) is 0 Å². The van der Waals surface area contributed by atoms with E-state index in [4.69, 9.17) is 11.6 Å². The zero-order chi connectivity index (χ0) is 15.4. The number of aryl methyl sites for hydroxylation is 1. The Morgan fingerprint density at radius 1 is 1.43 bits per heavy atom. The number of hydrogen-bond acceptors (Lipinski definition) is 3. The molecule has 0 aliphatic carbocycles. The van der Waals surface area contributed by atoms with Crippen molar-refractivity contribution >= 4 is 16.8 Å². The van der Waals surface area contributed by atoms with E-state index in [1.807, 2.05) is 25.4 Å². The van der Waals surface area contributed by atoms with Crippen LogP contribution in [0.5, 0.6) is 0 Å². The molecule has 1 aliphatic rings. The van der Waals surface area contributed by atoms with Gasteiger partial charge in [0.25, 0.3) is 0 Å². The van der Waals surface area contributed by atoms with Gasteiger partial charge in [-0.05, 0) is 43.4 Å². The van der Waals surface area contributed by atoms with Gasteiger partial charge in [0, 0.05) is 18.6 Å². The van der Waals surface area contributed by atoms with E-state index in [0.29, 0.717) is 17.6 Å². The highest BCUT2D eigenvalue weighted by atomic mass is 35.5. The topological polar surface area (TPSA) is 28.5 Å². The first-order chi connectivity index (χ1) is 10.1. The van der Waals surface area contributed by atoms with Crippen LogP contribution in [0.15, 0.2) is 41.4 Å². The molecule has 1 unspecified atom stereocenters. The summed E-state index contributed by atoms with van der Waals surface area (Å²) in [6.45, 7) is 9.30. The lowest BCUT2D eigenvalue weighted by Gasteiger charge is -2.26. The molecule has 3 nitrogen and oxygen atoms in total. The third kappa shape index (κ3) is 3.35. The lowest BCUT2D eigenvalue weighted by Crippen LogP contribution is -2.23. The molecule has 0 saturated heterocycles. The molecule has 1 aromatic heterocycles. The fourth-order valence-electron chi connectivity index (χ4n) is 2.66. The van der Waals surface area contributed by atoms with Gasteiger partial charge in [-0.25, -0.2) is 4.99 Å². The van der Waals surface area contributed by atoms with Crippen LogP contribution in [0.3, 0.4) is 0 Å².